The van der Waals surface area contributed by atoms with E-state index in [0.29, 0.717) is 22.2 Å². The van der Waals surface area contributed by atoms with Crippen molar-refractivity contribution in [3.05, 3.63) is 83.4 Å². The molecule has 2 N–H and O–H groups in total. The summed E-state index contributed by atoms with van der Waals surface area (Å²) in [5.41, 5.74) is 1.78. The number of nitrogens with one attached hydrogen (secondary N) is 1. The highest BCUT2D eigenvalue weighted by Gasteiger charge is 2.36. The van der Waals surface area contributed by atoms with E-state index in [-0.39, 0.29) is 5.92 Å². The largest absolute Gasteiger partial charge is 0.478 e. The van der Waals surface area contributed by atoms with E-state index in [0.717, 1.165) is 34.2 Å². The third-order valence-corrected chi connectivity index (χ3v) is 6.04. The SMILES string of the molecule is CC(C)c1c(-c2ccc(C(F)(F)F)c(C(=O)O)c2)c2cc3[nH]ncc3cc2n1-c1ccc(F)cc1. The van der Waals surface area contributed by atoms with Gasteiger partial charge < -0.3 is 9.67 Å². The Balaban J connectivity index is 1.91. The Morgan fingerprint density at radius 1 is 1.06 bits per heavy atom. The molecular formula is C26H19F4N3O2. The molecule has 0 aliphatic heterocycles. The van der Waals surface area contributed by atoms with Crippen molar-refractivity contribution < 1.29 is 27.5 Å². The van der Waals surface area contributed by atoms with Gasteiger partial charge in [0.1, 0.15) is 5.82 Å². The molecule has 5 rings (SSSR count). The number of carboxylic acids is 1. The van der Waals surface area contributed by atoms with Crippen LogP contribution in [-0.4, -0.2) is 25.8 Å². The number of nitrogens with zero attached hydrogens (tertiary/aromatic N) is 2. The van der Waals surface area contributed by atoms with Crippen molar-refractivity contribution in [3.63, 3.8) is 0 Å². The smallest absolute Gasteiger partial charge is 0.417 e. The summed E-state index contributed by atoms with van der Waals surface area (Å²) in [5.74, 6) is -2.18. The molecule has 0 saturated carbocycles. The molecular weight excluding hydrogens is 462 g/mol. The van der Waals surface area contributed by atoms with Crippen molar-refractivity contribution in [1.29, 1.82) is 0 Å². The Kier molecular flexibility index (Phi) is 5.16. The van der Waals surface area contributed by atoms with E-state index >= 15 is 0 Å². The van der Waals surface area contributed by atoms with E-state index in [4.69, 9.17) is 0 Å². The van der Waals surface area contributed by atoms with Crippen LogP contribution in [0, 0.1) is 5.82 Å². The van der Waals surface area contributed by atoms with E-state index in [9.17, 15) is 27.5 Å². The Morgan fingerprint density at radius 2 is 1.77 bits per heavy atom. The fourth-order valence-corrected chi connectivity index (χ4v) is 4.59. The number of hydrogen-bond acceptors (Lipinski definition) is 2. The lowest BCUT2D eigenvalue weighted by Gasteiger charge is -2.17. The molecule has 0 saturated heterocycles. The fourth-order valence-electron chi connectivity index (χ4n) is 4.59. The highest BCUT2D eigenvalue weighted by molar-refractivity contribution is 6.06. The van der Waals surface area contributed by atoms with E-state index in [2.05, 4.69) is 10.2 Å². The predicted molar refractivity (Wildman–Crippen MR) is 124 cm³/mol. The van der Waals surface area contributed by atoms with Crippen LogP contribution in [0.25, 0.3) is 38.6 Å². The van der Waals surface area contributed by atoms with Crippen LogP contribution < -0.4 is 0 Å². The summed E-state index contributed by atoms with van der Waals surface area (Å²) in [5, 5.41) is 18.0. The van der Waals surface area contributed by atoms with Gasteiger partial charge in [-0.05, 0) is 60.0 Å². The number of aromatic amines is 1. The summed E-state index contributed by atoms with van der Waals surface area (Å²) in [6, 6.07) is 12.8. The van der Waals surface area contributed by atoms with Crippen LogP contribution in [0.1, 0.15) is 41.4 Å². The highest BCUT2D eigenvalue weighted by Crippen LogP contribution is 2.43. The molecule has 0 unspecified atom stereocenters. The molecule has 0 fully saturated rings. The van der Waals surface area contributed by atoms with E-state index < -0.39 is 29.1 Å². The first kappa shape index (κ1) is 22.6. The zero-order valence-corrected chi connectivity index (χ0v) is 18.6. The Labute approximate surface area is 196 Å². The minimum absolute atomic E-state index is 0.116. The molecule has 5 aromatic rings. The first-order valence-electron chi connectivity index (χ1n) is 10.8. The number of aromatic carboxylic acids is 1. The number of halogens is 4. The number of H-pyrrole nitrogens is 1. The van der Waals surface area contributed by atoms with Gasteiger partial charge in [0.25, 0.3) is 0 Å². The van der Waals surface area contributed by atoms with E-state index in [1.165, 1.54) is 18.2 Å². The van der Waals surface area contributed by atoms with Crippen LogP contribution in [-0.2, 0) is 6.18 Å². The topological polar surface area (TPSA) is 70.9 Å². The zero-order valence-electron chi connectivity index (χ0n) is 18.6. The molecule has 0 bridgehead atoms. The summed E-state index contributed by atoms with van der Waals surface area (Å²) >= 11 is 0. The maximum Gasteiger partial charge on any atom is 0.417 e. The normalized spacial score (nSPS) is 12.2. The first-order valence-corrected chi connectivity index (χ1v) is 10.8. The number of hydrogen-bond donors (Lipinski definition) is 2. The summed E-state index contributed by atoms with van der Waals surface area (Å²) < 4.78 is 56.1. The molecule has 5 nitrogen and oxygen atoms in total. The second-order valence-electron chi connectivity index (χ2n) is 8.62. The summed E-state index contributed by atoms with van der Waals surface area (Å²) in [6.07, 6.45) is -3.15. The molecule has 2 heterocycles. The van der Waals surface area contributed by atoms with Crippen molar-refractivity contribution in [3.8, 4) is 16.8 Å². The van der Waals surface area contributed by atoms with Crippen molar-refractivity contribution in [1.82, 2.24) is 14.8 Å². The maximum atomic E-state index is 13.7. The second kappa shape index (κ2) is 7.97. The van der Waals surface area contributed by atoms with Crippen molar-refractivity contribution >= 4 is 27.8 Å². The van der Waals surface area contributed by atoms with E-state index in [1.54, 1.807) is 18.3 Å². The molecule has 35 heavy (non-hydrogen) atoms. The minimum Gasteiger partial charge on any atom is -0.478 e. The first-order chi connectivity index (χ1) is 16.6. The van der Waals surface area contributed by atoms with Gasteiger partial charge in [0.15, 0.2) is 0 Å². The van der Waals surface area contributed by atoms with Gasteiger partial charge in [-0.3, -0.25) is 5.10 Å². The lowest BCUT2D eigenvalue weighted by molar-refractivity contribution is -0.138. The Hall–Kier alpha value is -4.14. The number of fused-ring (bicyclic) bond motifs is 2. The van der Waals surface area contributed by atoms with Gasteiger partial charge in [-0.1, -0.05) is 19.9 Å². The molecule has 0 aliphatic rings. The van der Waals surface area contributed by atoms with E-state index in [1.807, 2.05) is 30.5 Å². The Bertz CT molecular complexity index is 1600. The average molecular weight is 481 g/mol. The van der Waals surface area contributed by atoms with Gasteiger partial charge in [-0.25, -0.2) is 9.18 Å². The monoisotopic (exact) mass is 481 g/mol. The molecule has 3 aromatic carbocycles. The van der Waals surface area contributed by atoms with Crippen LogP contribution in [0.5, 0.6) is 0 Å². The van der Waals surface area contributed by atoms with Crippen LogP contribution in [0.4, 0.5) is 17.6 Å². The number of carbonyl (C=O) groups is 1. The molecule has 0 spiro atoms. The van der Waals surface area contributed by atoms with Crippen molar-refractivity contribution in [2.45, 2.75) is 25.9 Å². The van der Waals surface area contributed by atoms with Crippen LogP contribution in [0.15, 0.2) is 60.8 Å². The molecule has 9 heteroatoms. The number of alkyl halides is 3. The quantitative estimate of drug-likeness (QED) is 0.268. The zero-order chi connectivity index (χ0) is 25.1. The molecule has 2 aromatic heterocycles. The fraction of sp³-hybridized carbons (Fsp3) is 0.154. The third-order valence-electron chi connectivity index (χ3n) is 6.04. The lowest BCUT2D eigenvalue weighted by atomic mass is 9.93. The van der Waals surface area contributed by atoms with Gasteiger partial charge in [-0.15, -0.1) is 0 Å². The maximum absolute atomic E-state index is 13.7. The Morgan fingerprint density at radius 3 is 2.40 bits per heavy atom. The van der Waals surface area contributed by atoms with Gasteiger partial charge in [0, 0.05) is 27.7 Å². The standard InChI is InChI=1S/C26H19F4N3O2/c1-13(2)24-23(14-3-8-20(26(28,29)30)18(9-14)25(34)35)19-11-21-15(12-31-32-21)10-22(19)33(24)17-6-4-16(27)5-7-17/h3-13H,1-2H3,(H,31,32)(H,34,35). The summed E-state index contributed by atoms with van der Waals surface area (Å²) in [4.78, 5) is 11.8. The third kappa shape index (κ3) is 3.73. The van der Waals surface area contributed by atoms with Crippen LogP contribution >= 0.6 is 0 Å². The van der Waals surface area contributed by atoms with Gasteiger partial charge in [0.2, 0.25) is 0 Å². The lowest BCUT2D eigenvalue weighted by Crippen LogP contribution is -2.13. The van der Waals surface area contributed by atoms with Crippen LogP contribution in [0.2, 0.25) is 0 Å². The van der Waals surface area contributed by atoms with Crippen molar-refractivity contribution in [2.24, 2.45) is 0 Å². The number of benzene rings is 3. The second-order valence-corrected chi connectivity index (χ2v) is 8.62. The number of rotatable bonds is 4. The number of aromatic nitrogens is 3. The molecule has 178 valence electrons. The average Bonchev–Trinajstić information content (AvgIpc) is 3.39. The highest BCUT2D eigenvalue weighted by atomic mass is 19.4. The predicted octanol–water partition coefficient (Wildman–Crippen LogP) is 7.15. The molecule has 0 aliphatic carbocycles. The molecule has 0 radical (unpaired) electrons. The van der Waals surface area contributed by atoms with Gasteiger partial charge >= 0.3 is 12.1 Å². The molecule has 0 amide bonds. The van der Waals surface area contributed by atoms with Gasteiger partial charge in [0.05, 0.1) is 28.4 Å². The number of carboxylic acid groups (broad SMARTS) is 1. The minimum atomic E-state index is -4.81. The van der Waals surface area contributed by atoms with Gasteiger partial charge in [-0.2, -0.15) is 18.3 Å². The molecule has 0 atom stereocenters. The summed E-state index contributed by atoms with van der Waals surface area (Å²) in [7, 11) is 0. The van der Waals surface area contributed by atoms with Crippen LogP contribution in [0.3, 0.4) is 0 Å². The van der Waals surface area contributed by atoms with Crippen molar-refractivity contribution in [2.75, 3.05) is 0 Å². The summed E-state index contributed by atoms with van der Waals surface area (Å²) in [6.45, 7) is 3.88.